The Kier molecular flexibility index (Phi) is 7.13. The molecular formula is C27H32N2O3S. The van der Waals surface area contributed by atoms with Gasteiger partial charge in [0.25, 0.3) is 11.1 Å². The number of benzene rings is 2. The molecule has 0 radical (unpaired) electrons. The van der Waals surface area contributed by atoms with Gasteiger partial charge in [0, 0.05) is 18.8 Å². The summed E-state index contributed by atoms with van der Waals surface area (Å²) in [7, 11) is 0. The van der Waals surface area contributed by atoms with Crippen molar-refractivity contribution in [2.45, 2.75) is 46.5 Å². The summed E-state index contributed by atoms with van der Waals surface area (Å²) in [6, 6.07) is 12.5. The largest absolute Gasteiger partial charge is 0.491 e. The fourth-order valence-electron chi connectivity index (χ4n) is 4.32. The zero-order chi connectivity index (χ0) is 23.5. The number of anilines is 1. The highest BCUT2D eigenvalue weighted by Crippen LogP contribution is 2.34. The van der Waals surface area contributed by atoms with Crippen LogP contribution in [0.3, 0.4) is 0 Å². The van der Waals surface area contributed by atoms with Crippen molar-refractivity contribution < 1.29 is 14.3 Å². The molecule has 2 fully saturated rings. The molecule has 0 aromatic heterocycles. The van der Waals surface area contributed by atoms with Crippen molar-refractivity contribution in [1.29, 1.82) is 0 Å². The van der Waals surface area contributed by atoms with E-state index in [1.54, 1.807) is 0 Å². The second kappa shape index (κ2) is 10.0. The van der Waals surface area contributed by atoms with Gasteiger partial charge in [0.2, 0.25) is 0 Å². The van der Waals surface area contributed by atoms with E-state index in [0.717, 1.165) is 52.9 Å². The first-order valence-corrected chi connectivity index (χ1v) is 12.5. The molecule has 0 unspecified atom stereocenters. The number of hydrogen-bond acceptors (Lipinski definition) is 5. The van der Waals surface area contributed by atoms with Crippen molar-refractivity contribution >= 4 is 34.7 Å². The lowest BCUT2D eigenvalue weighted by atomic mass is 10.0. The summed E-state index contributed by atoms with van der Waals surface area (Å²) in [6.07, 6.45) is 4.31. The quantitative estimate of drug-likeness (QED) is 0.461. The molecular weight excluding hydrogens is 432 g/mol. The molecule has 0 N–H and O–H groups in total. The van der Waals surface area contributed by atoms with E-state index in [1.807, 2.05) is 25.1 Å². The Balaban J connectivity index is 1.42. The van der Waals surface area contributed by atoms with Gasteiger partial charge in [-0.3, -0.25) is 14.5 Å². The molecule has 2 aromatic rings. The Labute approximate surface area is 200 Å². The normalized spacial score (nSPS) is 17.7. The van der Waals surface area contributed by atoms with Crippen LogP contribution in [0, 0.1) is 13.8 Å². The number of ether oxygens (including phenoxy) is 1. The molecule has 0 spiro atoms. The number of rotatable bonds is 7. The Hall–Kier alpha value is -2.73. The van der Waals surface area contributed by atoms with E-state index in [4.69, 9.17) is 4.74 Å². The van der Waals surface area contributed by atoms with Gasteiger partial charge in [0.1, 0.15) is 12.4 Å². The number of carbonyl (C=O) groups is 2. The van der Waals surface area contributed by atoms with Crippen LogP contribution in [0.25, 0.3) is 6.08 Å². The summed E-state index contributed by atoms with van der Waals surface area (Å²) in [5.74, 6) is 0.909. The summed E-state index contributed by atoms with van der Waals surface area (Å²) < 4.78 is 5.99. The Morgan fingerprint density at radius 3 is 2.52 bits per heavy atom. The number of nitrogens with zero attached hydrogens (tertiary/aromatic N) is 2. The fourth-order valence-corrected chi connectivity index (χ4v) is 5.17. The number of carbonyl (C=O) groups excluding carboxylic acids is 2. The van der Waals surface area contributed by atoms with Crippen LogP contribution in [0.4, 0.5) is 10.5 Å². The fraction of sp³-hybridized carbons (Fsp3) is 0.407. The molecule has 5 nitrogen and oxygen atoms in total. The molecule has 33 heavy (non-hydrogen) atoms. The van der Waals surface area contributed by atoms with Crippen molar-refractivity contribution in [1.82, 2.24) is 4.90 Å². The number of thioether (sulfide) groups is 1. The lowest BCUT2D eigenvalue weighted by Crippen LogP contribution is -2.32. The topological polar surface area (TPSA) is 49.9 Å². The van der Waals surface area contributed by atoms with Crippen LogP contribution < -0.4 is 9.64 Å². The van der Waals surface area contributed by atoms with Crippen molar-refractivity contribution in [3.05, 3.63) is 63.6 Å². The van der Waals surface area contributed by atoms with Crippen LogP contribution in [-0.4, -0.2) is 42.3 Å². The second-order valence-electron chi connectivity index (χ2n) is 9.11. The maximum Gasteiger partial charge on any atom is 0.293 e. The lowest BCUT2D eigenvalue weighted by Gasteiger charge is -2.18. The molecule has 2 aromatic carbocycles. The van der Waals surface area contributed by atoms with E-state index in [1.165, 1.54) is 23.4 Å². The first-order valence-electron chi connectivity index (χ1n) is 11.7. The summed E-state index contributed by atoms with van der Waals surface area (Å²) in [5, 5.41) is -0.241. The van der Waals surface area contributed by atoms with Crippen LogP contribution in [-0.2, 0) is 4.79 Å². The van der Waals surface area contributed by atoms with Gasteiger partial charge in [-0.25, -0.2) is 0 Å². The first-order chi connectivity index (χ1) is 15.8. The molecule has 174 valence electrons. The molecule has 0 atom stereocenters. The molecule has 0 bridgehead atoms. The molecule has 2 aliphatic heterocycles. The van der Waals surface area contributed by atoms with Crippen molar-refractivity contribution in [2.75, 3.05) is 31.1 Å². The minimum atomic E-state index is -0.245. The SMILES string of the molecule is Cc1ccc(C(C)C)c(OCCN2C(=O)S/C(=C\c3ccc(N4CCCC4)cc3C)C2=O)c1. The number of amides is 2. The number of hydrogen-bond donors (Lipinski definition) is 0. The molecule has 4 rings (SSSR count). The Morgan fingerprint density at radius 1 is 1.06 bits per heavy atom. The van der Waals surface area contributed by atoms with Gasteiger partial charge < -0.3 is 9.64 Å². The molecule has 0 aliphatic carbocycles. The van der Waals surface area contributed by atoms with E-state index in [0.29, 0.717) is 10.8 Å². The van der Waals surface area contributed by atoms with E-state index >= 15 is 0 Å². The van der Waals surface area contributed by atoms with Gasteiger partial charge in [-0.1, -0.05) is 32.0 Å². The standard InChI is InChI=1S/C27H32N2O3S/c1-18(2)23-10-7-19(3)15-24(23)32-14-13-29-26(30)25(33-27(29)31)17-21-8-9-22(16-20(21)4)28-11-5-6-12-28/h7-10,15-18H,5-6,11-14H2,1-4H3/b25-17-. The zero-order valence-corrected chi connectivity index (χ0v) is 20.7. The van der Waals surface area contributed by atoms with Gasteiger partial charge in [0.15, 0.2) is 0 Å². The highest BCUT2D eigenvalue weighted by atomic mass is 32.2. The third-order valence-electron chi connectivity index (χ3n) is 6.25. The highest BCUT2D eigenvalue weighted by molar-refractivity contribution is 8.18. The number of imide groups is 1. The van der Waals surface area contributed by atoms with Gasteiger partial charge in [-0.15, -0.1) is 0 Å². The third kappa shape index (κ3) is 5.27. The zero-order valence-electron chi connectivity index (χ0n) is 19.9. The van der Waals surface area contributed by atoms with E-state index < -0.39 is 0 Å². The van der Waals surface area contributed by atoms with Gasteiger partial charge in [-0.05, 0) is 90.9 Å². The smallest absolute Gasteiger partial charge is 0.293 e. The molecule has 2 saturated heterocycles. The lowest BCUT2D eigenvalue weighted by molar-refractivity contribution is -0.123. The van der Waals surface area contributed by atoms with Crippen molar-refractivity contribution in [3.8, 4) is 5.75 Å². The summed E-state index contributed by atoms with van der Waals surface area (Å²) in [6.45, 7) is 11.0. The Morgan fingerprint density at radius 2 is 1.82 bits per heavy atom. The predicted molar refractivity (Wildman–Crippen MR) is 136 cm³/mol. The highest BCUT2D eigenvalue weighted by Gasteiger charge is 2.35. The molecule has 6 heteroatoms. The summed E-state index contributed by atoms with van der Waals surface area (Å²) >= 11 is 1.00. The average Bonchev–Trinajstić information content (AvgIpc) is 3.39. The van der Waals surface area contributed by atoms with Crippen LogP contribution in [0.5, 0.6) is 5.75 Å². The van der Waals surface area contributed by atoms with Crippen LogP contribution in [0.1, 0.15) is 54.9 Å². The monoisotopic (exact) mass is 464 g/mol. The predicted octanol–water partition coefficient (Wildman–Crippen LogP) is 6.14. The molecule has 2 heterocycles. The van der Waals surface area contributed by atoms with E-state index in [-0.39, 0.29) is 24.3 Å². The maximum atomic E-state index is 12.9. The van der Waals surface area contributed by atoms with Crippen LogP contribution in [0.15, 0.2) is 41.3 Å². The minimum absolute atomic E-state index is 0.236. The van der Waals surface area contributed by atoms with Crippen molar-refractivity contribution in [2.24, 2.45) is 0 Å². The maximum absolute atomic E-state index is 12.9. The van der Waals surface area contributed by atoms with Gasteiger partial charge >= 0.3 is 0 Å². The van der Waals surface area contributed by atoms with Crippen molar-refractivity contribution in [3.63, 3.8) is 0 Å². The number of aryl methyl sites for hydroxylation is 2. The second-order valence-corrected chi connectivity index (χ2v) is 10.1. The van der Waals surface area contributed by atoms with E-state index in [9.17, 15) is 9.59 Å². The third-order valence-corrected chi connectivity index (χ3v) is 7.16. The molecule has 2 amide bonds. The Bertz CT molecular complexity index is 1090. The first kappa shape index (κ1) is 23.4. The van der Waals surface area contributed by atoms with Crippen LogP contribution in [0.2, 0.25) is 0 Å². The van der Waals surface area contributed by atoms with E-state index in [2.05, 4.69) is 49.9 Å². The molecule has 0 saturated carbocycles. The van der Waals surface area contributed by atoms with Gasteiger partial charge in [-0.2, -0.15) is 0 Å². The summed E-state index contributed by atoms with van der Waals surface area (Å²) in [5.41, 5.74) is 5.55. The van der Waals surface area contributed by atoms with Crippen LogP contribution >= 0.6 is 11.8 Å². The van der Waals surface area contributed by atoms with Gasteiger partial charge in [0.05, 0.1) is 11.4 Å². The molecule has 2 aliphatic rings. The average molecular weight is 465 g/mol. The summed E-state index contributed by atoms with van der Waals surface area (Å²) in [4.78, 5) is 29.6. The minimum Gasteiger partial charge on any atom is -0.491 e.